The summed E-state index contributed by atoms with van der Waals surface area (Å²) in [5, 5.41) is 5.74. The summed E-state index contributed by atoms with van der Waals surface area (Å²) in [7, 11) is 0. The number of anilines is 2. The van der Waals surface area contributed by atoms with E-state index < -0.39 is 0 Å². The fourth-order valence-corrected chi connectivity index (χ4v) is 3.24. The summed E-state index contributed by atoms with van der Waals surface area (Å²) < 4.78 is 5.53. The zero-order valence-electron chi connectivity index (χ0n) is 15.0. The van der Waals surface area contributed by atoms with Crippen molar-refractivity contribution in [1.82, 2.24) is 5.32 Å². The molecule has 3 amide bonds. The average molecular weight is 341 g/mol. The molecule has 2 N–H and O–H groups in total. The molecule has 0 unspecified atom stereocenters. The van der Waals surface area contributed by atoms with E-state index in [1.54, 1.807) is 11.8 Å². The number of hydrogen-bond acceptors (Lipinski definition) is 3. The lowest BCUT2D eigenvalue weighted by molar-refractivity contribution is 0.102. The van der Waals surface area contributed by atoms with Crippen LogP contribution in [0.2, 0.25) is 0 Å². The Labute approximate surface area is 147 Å². The van der Waals surface area contributed by atoms with E-state index in [9.17, 15) is 9.59 Å². The molecule has 0 saturated heterocycles. The molecule has 0 aliphatic carbocycles. The smallest absolute Gasteiger partial charge is 0.321 e. The van der Waals surface area contributed by atoms with Gasteiger partial charge in [-0.2, -0.15) is 0 Å². The van der Waals surface area contributed by atoms with Gasteiger partial charge in [0, 0.05) is 24.3 Å². The zero-order valence-corrected chi connectivity index (χ0v) is 15.0. The van der Waals surface area contributed by atoms with Gasteiger partial charge in [-0.15, -0.1) is 0 Å². The van der Waals surface area contributed by atoms with Gasteiger partial charge in [0.1, 0.15) is 11.5 Å². The predicted molar refractivity (Wildman–Crippen MR) is 97.4 cm³/mol. The number of amides is 3. The fraction of sp³-hybridized carbons (Fsp3) is 0.368. The molecule has 1 aromatic heterocycles. The average Bonchev–Trinajstić information content (AvgIpc) is 3.08. The van der Waals surface area contributed by atoms with Gasteiger partial charge in [-0.1, -0.05) is 6.07 Å². The van der Waals surface area contributed by atoms with Crippen LogP contribution in [-0.2, 0) is 6.42 Å². The maximum atomic E-state index is 12.6. The van der Waals surface area contributed by atoms with Crippen LogP contribution in [0.4, 0.5) is 16.2 Å². The Hall–Kier alpha value is -2.76. The molecule has 25 heavy (non-hydrogen) atoms. The predicted octanol–water partition coefficient (Wildman–Crippen LogP) is 3.55. The van der Waals surface area contributed by atoms with Crippen molar-refractivity contribution in [3.8, 4) is 0 Å². The van der Waals surface area contributed by atoms with E-state index in [2.05, 4.69) is 10.6 Å². The van der Waals surface area contributed by atoms with Gasteiger partial charge in [0.25, 0.3) is 5.91 Å². The molecule has 6 nitrogen and oxygen atoms in total. The second-order valence-corrected chi connectivity index (χ2v) is 6.25. The number of carbonyl (C=O) groups excluding carboxylic acids is 2. The monoisotopic (exact) mass is 341 g/mol. The van der Waals surface area contributed by atoms with E-state index in [0.29, 0.717) is 30.1 Å². The number of benzene rings is 1. The minimum absolute atomic E-state index is 0.109. The Morgan fingerprint density at radius 3 is 2.60 bits per heavy atom. The van der Waals surface area contributed by atoms with E-state index in [-0.39, 0.29) is 11.9 Å². The van der Waals surface area contributed by atoms with Crippen molar-refractivity contribution in [2.24, 2.45) is 0 Å². The Morgan fingerprint density at radius 2 is 1.96 bits per heavy atom. The van der Waals surface area contributed by atoms with Crippen molar-refractivity contribution in [2.75, 3.05) is 23.3 Å². The highest BCUT2D eigenvalue weighted by molar-refractivity contribution is 6.06. The van der Waals surface area contributed by atoms with E-state index in [0.717, 1.165) is 29.0 Å². The number of urea groups is 1. The van der Waals surface area contributed by atoms with Crippen LogP contribution in [0.25, 0.3) is 0 Å². The quantitative estimate of drug-likeness (QED) is 0.896. The maximum Gasteiger partial charge on any atom is 0.321 e. The SMILES string of the molecule is CCNC(=O)N1CCc2ccc(NC(=O)c3c(C)oc(C)c3C)cc21. The van der Waals surface area contributed by atoms with Crippen molar-refractivity contribution >= 4 is 23.3 Å². The lowest BCUT2D eigenvalue weighted by Gasteiger charge is -2.18. The molecule has 1 aliphatic rings. The van der Waals surface area contributed by atoms with Crippen LogP contribution in [0.1, 0.15) is 39.9 Å². The number of rotatable bonds is 3. The Balaban J connectivity index is 1.84. The minimum atomic E-state index is -0.200. The second-order valence-electron chi connectivity index (χ2n) is 6.25. The van der Waals surface area contributed by atoms with Gasteiger partial charge >= 0.3 is 6.03 Å². The van der Waals surface area contributed by atoms with Crippen molar-refractivity contribution < 1.29 is 14.0 Å². The summed E-state index contributed by atoms with van der Waals surface area (Å²) in [4.78, 5) is 26.5. The number of carbonyl (C=O) groups is 2. The first-order chi connectivity index (χ1) is 11.9. The summed E-state index contributed by atoms with van der Waals surface area (Å²) in [6, 6.07) is 5.58. The fourth-order valence-electron chi connectivity index (χ4n) is 3.24. The number of nitrogens with zero attached hydrogens (tertiary/aromatic N) is 1. The molecule has 0 fully saturated rings. The number of hydrogen-bond donors (Lipinski definition) is 2. The van der Waals surface area contributed by atoms with Gasteiger partial charge in [0.2, 0.25) is 0 Å². The molecule has 0 spiro atoms. The largest absolute Gasteiger partial charge is 0.466 e. The first-order valence-electron chi connectivity index (χ1n) is 8.48. The summed E-state index contributed by atoms with van der Waals surface area (Å²) in [6.07, 6.45) is 0.819. The number of nitrogens with one attached hydrogen (secondary N) is 2. The lowest BCUT2D eigenvalue weighted by atomic mass is 10.1. The molecule has 2 heterocycles. The molecule has 6 heteroatoms. The number of furan rings is 1. The molecule has 0 bridgehead atoms. The number of fused-ring (bicyclic) bond motifs is 1. The van der Waals surface area contributed by atoms with Crippen LogP contribution in [0.5, 0.6) is 0 Å². The van der Waals surface area contributed by atoms with Gasteiger partial charge in [-0.3, -0.25) is 9.69 Å². The molecule has 0 atom stereocenters. The van der Waals surface area contributed by atoms with Crippen LogP contribution >= 0.6 is 0 Å². The molecular formula is C19H23N3O3. The topological polar surface area (TPSA) is 74.6 Å². The standard InChI is InChI=1S/C19H23N3O3/c1-5-20-19(24)22-9-8-14-6-7-15(10-16(14)22)21-18(23)17-11(2)12(3)25-13(17)4/h6-7,10H,5,8-9H2,1-4H3,(H,20,24)(H,21,23). The van der Waals surface area contributed by atoms with Crippen LogP contribution in [-0.4, -0.2) is 25.0 Å². The van der Waals surface area contributed by atoms with Crippen LogP contribution < -0.4 is 15.5 Å². The van der Waals surface area contributed by atoms with E-state index >= 15 is 0 Å². The summed E-state index contributed by atoms with van der Waals surface area (Å²) in [5.74, 6) is 1.16. The summed E-state index contributed by atoms with van der Waals surface area (Å²) >= 11 is 0. The molecule has 1 aromatic carbocycles. The van der Waals surface area contributed by atoms with Crippen LogP contribution in [0.3, 0.4) is 0 Å². The highest BCUT2D eigenvalue weighted by Gasteiger charge is 2.25. The van der Waals surface area contributed by atoms with E-state index in [1.165, 1.54) is 0 Å². The molecule has 0 radical (unpaired) electrons. The molecule has 3 rings (SSSR count). The molecule has 132 valence electrons. The van der Waals surface area contributed by atoms with Crippen molar-refractivity contribution in [3.63, 3.8) is 0 Å². The van der Waals surface area contributed by atoms with E-state index in [4.69, 9.17) is 4.42 Å². The molecule has 0 saturated carbocycles. The third-order valence-corrected chi connectivity index (χ3v) is 4.60. The minimum Gasteiger partial charge on any atom is -0.466 e. The lowest BCUT2D eigenvalue weighted by Crippen LogP contribution is -2.38. The van der Waals surface area contributed by atoms with Crippen molar-refractivity contribution in [3.05, 3.63) is 46.4 Å². The van der Waals surface area contributed by atoms with Gasteiger partial charge in [0.05, 0.1) is 11.3 Å². The van der Waals surface area contributed by atoms with Gasteiger partial charge in [-0.05, 0) is 51.8 Å². The highest BCUT2D eigenvalue weighted by atomic mass is 16.3. The second kappa shape index (κ2) is 6.63. The van der Waals surface area contributed by atoms with Crippen LogP contribution in [0, 0.1) is 20.8 Å². The third kappa shape index (κ3) is 3.12. The van der Waals surface area contributed by atoms with Gasteiger partial charge in [-0.25, -0.2) is 4.79 Å². The molecular weight excluding hydrogens is 318 g/mol. The summed E-state index contributed by atoms with van der Waals surface area (Å²) in [6.45, 7) is 8.63. The number of aryl methyl sites for hydroxylation is 2. The van der Waals surface area contributed by atoms with Crippen molar-refractivity contribution in [2.45, 2.75) is 34.1 Å². The third-order valence-electron chi connectivity index (χ3n) is 4.60. The summed E-state index contributed by atoms with van der Waals surface area (Å²) in [5.41, 5.74) is 4.03. The zero-order chi connectivity index (χ0) is 18.1. The Bertz CT molecular complexity index is 839. The Morgan fingerprint density at radius 1 is 1.20 bits per heavy atom. The van der Waals surface area contributed by atoms with Crippen molar-refractivity contribution in [1.29, 1.82) is 0 Å². The maximum absolute atomic E-state index is 12.6. The first-order valence-corrected chi connectivity index (χ1v) is 8.48. The normalized spacial score (nSPS) is 12.9. The van der Waals surface area contributed by atoms with Gasteiger partial charge < -0.3 is 15.1 Å². The first kappa shape index (κ1) is 17.1. The highest BCUT2D eigenvalue weighted by Crippen LogP contribution is 2.31. The Kier molecular flexibility index (Phi) is 4.53. The molecule has 1 aliphatic heterocycles. The van der Waals surface area contributed by atoms with Crippen LogP contribution in [0.15, 0.2) is 22.6 Å². The molecule has 2 aromatic rings. The van der Waals surface area contributed by atoms with E-state index in [1.807, 2.05) is 39.0 Å². The van der Waals surface area contributed by atoms with Gasteiger partial charge in [0.15, 0.2) is 0 Å².